The molecule has 0 aromatic heterocycles. The highest BCUT2D eigenvalue weighted by Crippen LogP contribution is 2.35. The number of hydrogen-bond donors (Lipinski definition) is 1. The lowest BCUT2D eigenvalue weighted by Gasteiger charge is -2.44. The molecule has 1 aromatic carbocycles. The van der Waals surface area contributed by atoms with Crippen molar-refractivity contribution in [3.63, 3.8) is 0 Å². The number of benzene rings is 1. The molecule has 0 spiro atoms. The van der Waals surface area contributed by atoms with Crippen molar-refractivity contribution in [3.8, 4) is 5.75 Å². The van der Waals surface area contributed by atoms with Crippen LogP contribution in [0.4, 0.5) is 4.39 Å². The maximum atomic E-state index is 14.4. The van der Waals surface area contributed by atoms with Gasteiger partial charge in [-0.15, -0.1) is 0 Å². The van der Waals surface area contributed by atoms with Gasteiger partial charge in [0.25, 0.3) is 0 Å². The molecule has 3 nitrogen and oxygen atoms in total. The number of nitrogens with zero attached hydrogens (tertiary/aromatic N) is 1. The van der Waals surface area contributed by atoms with E-state index in [9.17, 15) is 4.39 Å². The lowest BCUT2D eigenvalue weighted by Crippen LogP contribution is -2.53. The van der Waals surface area contributed by atoms with Crippen molar-refractivity contribution < 1.29 is 9.13 Å². The minimum absolute atomic E-state index is 0.246. The van der Waals surface area contributed by atoms with E-state index in [0.29, 0.717) is 5.56 Å². The first-order valence-electron chi connectivity index (χ1n) is 7.29. The van der Waals surface area contributed by atoms with Gasteiger partial charge in [-0.25, -0.2) is 4.39 Å². The molecule has 0 radical (unpaired) electrons. The summed E-state index contributed by atoms with van der Waals surface area (Å²) in [5, 5.41) is 0. The van der Waals surface area contributed by atoms with Gasteiger partial charge >= 0.3 is 0 Å². The van der Waals surface area contributed by atoms with Crippen molar-refractivity contribution in [1.82, 2.24) is 4.90 Å². The van der Waals surface area contributed by atoms with E-state index < -0.39 is 6.04 Å². The monoisotopic (exact) mass is 282 g/mol. The molecule has 0 fully saturated rings. The van der Waals surface area contributed by atoms with Crippen molar-refractivity contribution in [3.05, 3.63) is 29.6 Å². The molecule has 20 heavy (non-hydrogen) atoms. The predicted octanol–water partition coefficient (Wildman–Crippen LogP) is 3.34. The summed E-state index contributed by atoms with van der Waals surface area (Å²) in [5.74, 6) is -0.106. The zero-order valence-corrected chi connectivity index (χ0v) is 13.2. The van der Waals surface area contributed by atoms with Gasteiger partial charge < -0.3 is 10.5 Å². The Kier molecular flexibility index (Phi) is 5.96. The fourth-order valence-electron chi connectivity index (χ4n) is 2.85. The van der Waals surface area contributed by atoms with Gasteiger partial charge in [0.15, 0.2) is 11.6 Å². The van der Waals surface area contributed by atoms with E-state index in [2.05, 4.69) is 32.6 Å². The topological polar surface area (TPSA) is 38.5 Å². The molecule has 4 heteroatoms. The molecule has 0 saturated carbocycles. The Morgan fingerprint density at radius 1 is 1.30 bits per heavy atom. The van der Waals surface area contributed by atoms with Crippen LogP contribution < -0.4 is 10.5 Å². The number of nitrogens with two attached hydrogens (primary N) is 1. The lowest BCUT2D eigenvalue weighted by atomic mass is 9.83. The first-order chi connectivity index (χ1) is 9.46. The van der Waals surface area contributed by atoms with Gasteiger partial charge in [-0.3, -0.25) is 4.90 Å². The first kappa shape index (κ1) is 16.9. The molecular weight excluding hydrogens is 255 g/mol. The van der Waals surface area contributed by atoms with Gasteiger partial charge in [-0.1, -0.05) is 32.9 Å². The Labute approximate surface area is 121 Å². The summed E-state index contributed by atoms with van der Waals surface area (Å²) >= 11 is 0. The quantitative estimate of drug-likeness (QED) is 0.833. The molecule has 0 heterocycles. The highest BCUT2D eigenvalue weighted by Gasteiger charge is 2.37. The van der Waals surface area contributed by atoms with Gasteiger partial charge in [0.1, 0.15) is 0 Å². The van der Waals surface area contributed by atoms with Crippen molar-refractivity contribution in [2.45, 2.75) is 45.7 Å². The van der Waals surface area contributed by atoms with Crippen LogP contribution in [0.3, 0.4) is 0 Å². The fourth-order valence-corrected chi connectivity index (χ4v) is 2.85. The number of likely N-dealkylation sites (N-methyl/N-ethyl adjacent to an activating group) is 1. The summed E-state index contributed by atoms with van der Waals surface area (Å²) in [6, 6.07) is 4.75. The van der Waals surface area contributed by atoms with E-state index in [-0.39, 0.29) is 17.1 Å². The molecule has 2 unspecified atom stereocenters. The Bertz CT molecular complexity index is 434. The van der Waals surface area contributed by atoms with Gasteiger partial charge in [0.2, 0.25) is 0 Å². The van der Waals surface area contributed by atoms with Crippen LogP contribution in [-0.4, -0.2) is 30.6 Å². The van der Waals surface area contributed by atoms with Crippen LogP contribution in [0, 0.1) is 5.82 Å². The third kappa shape index (κ3) is 2.96. The largest absolute Gasteiger partial charge is 0.494 e. The summed E-state index contributed by atoms with van der Waals surface area (Å²) in [6.45, 7) is 10.2. The molecule has 0 saturated heterocycles. The second kappa shape index (κ2) is 7.04. The zero-order valence-electron chi connectivity index (χ0n) is 13.2. The van der Waals surface area contributed by atoms with E-state index in [1.54, 1.807) is 18.2 Å². The normalized spacial score (nSPS) is 16.0. The number of halogens is 1. The predicted molar refractivity (Wildman–Crippen MR) is 81.5 cm³/mol. The zero-order chi connectivity index (χ0) is 15.3. The average molecular weight is 282 g/mol. The van der Waals surface area contributed by atoms with E-state index in [0.717, 1.165) is 19.5 Å². The summed E-state index contributed by atoms with van der Waals surface area (Å²) < 4.78 is 19.5. The van der Waals surface area contributed by atoms with E-state index in [1.807, 2.05) is 0 Å². The molecular formula is C16H27FN2O. The molecule has 2 N–H and O–H groups in total. The summed E-state index contributed by atoms with van der Waals surface area (Å²) in [7, 11) is 1.47. The van der Waals surface area contributed by atoms with Gasteiger partial charge in [0, 0.05) is 11.1 Å². The van der Waals surface area contributed by atoms with Gasteiger partial charge in [-0.05, 0) is 32.5 Å². The van der Waals surface area contributed by atoms with Gasteiger partial charge in [-0.2, -0.15) is 0 Å². The van der Waals surface area contributed by atoms with Crippen molar-refractivity contribution in [2.24, 2.45) is 5.73 Å². The van der Waals surface area contributed by atoms with Crippen LogP contribution in [0.15, 0.2) is 18.2 Å². The smallest absolute Gasteiger partial charge is 0.169 e. The summed E-state index contributed by atoms with van der Waals surface area (Å²) in [6.07, 6.45) is 0.854. The Hall–Kier alpha value is -1.13. The maximum Gasteiger partial charge on any atom is 0.169 e. The van der Waals surface area contributed by atoms with Crippen molar-refractivity contribution in [1.29, 1.82) is 0 Å². The van der Waals surface area contributed by atoms with Crippen LogP contribution in [0.25, 0.3) is 0 Å². The van der Waals surface area contributed by atoms with Crippen LogP contribution >= 0.6 is 0 Å². The molecule has 0 aliphatic heterocycles. The highest BCUT2D eigenvalue weighted by atomic mass is 19.1. The summed E-state index contributed by atoms with van der Waals surface area (Å²) in [4.78, 5) is 2.29. The molecule has 0 aliphatic carbocycles. The Morgan fingerprint density at radius 3 is 2.35 bits per heavy atom. The van der Waals surface area contributed by atoms with Crippen molar-refractivity contribution >= 4 is 0 Å². The summed E-state index contributed by atoms with van der Waals surface area (Å²) in [5.41, 5.74) is 6.66. The van der Waals surface area contributed by atoms with Crippen molar-refractivity contribution in [2.75, 3.05) is 20.2 Å². The first-order valence-corrected chi connectivity index (χ1v) is 7.29. The van der Waals surface area contributed by atoms with Crippen LogP contribution in [0.2, 0.25) is 0 Å². The fraction of sp³-hybridized carbons (Fsp3) is 0.625. The number of hydrogen-bond acceptors (Lipinski definition) is 3. The second-order valence-electron chi connectivity index (χ2n) is 5.22. The Balaban J connectivity index is 3.23. The molecule has 0 bridgehead atoms. The van der Waals surface area contributed by atoms with Crippen LogP contribution in [0.5, 0.6) is 5.75 Å². The Morgan fingerprint density at radius 2 is 1.90 bits per heavy atom. The number of rotatable bonds is 7. The molecule has 0 amide bonds. The maximum absolute atomic E-state index is 14.4. The minimum atomic E-state index is -0.400. The van der Waals surface area contributed by atoms with E-state index in [1.165, 1.54) is 7.11 Å². The minimum Gasteiger partial charge on any atom is -0.494 e. The standard InChI is InChI=1S/C16H27FN2O/c1-6-16(4,19(7-2)8-3)15(18)12-10-9-11-13(20-5)14(12)17/h9-11,15H,6-8,18H2,1-5H3. The second-order valence-corrected chi connectivity index (χ2v) is 5.22. The van der Waals surface area contributed by atoms with E-state index >= 15 is 0 Å². The number of ether oxygens (including phenoxy) is 1. The molecule has 0 aliphatic rings. The van der Waals surface area contributed by atoms with Gasteiger partial charge in [0.05, 0.1) is 13.2 Å². The number of methoxy groups -OCH3 is 1. The molecule has 1 rings (SSSR count). The third-order valence-corrected chi connectivity index (χ3v) is 4.42. The van der Waals surface area contributed by atoms with Crippen LogP contribution in [-0.2, 0) is 0 Å². The lowest BCUT2D eigenvalue weighted by molar-refractivity contribution is 0.0830. The molecule has 114 valence electrons. The molecule has 1 aromatic rings. The van der Waals surface area contributed by atoms with Crippen LogP contribution in [0.1, 0.15) is 45.7 Å². The van der Waals surface area contributed by atoms with E-state index in [4.69, 9.17) is 10.5 Å². The third-order valence-electron chi connectivity index (χ3n) is 4.42. The SMILES string of the molecule is CCN(CC)C(C)(CC)C(N)c1cccc(OC)c1F. The highest BCUT2D eigenvalue weighted by molar-refractivity contribution is 5.34. The molecule has 2 atom stereocenters. The average Bonchev–Trinajstić information content (AvgIpc) is 2.47.